The van der Waals surface area contributed by atoms with E-state index >= 15 is 0 Å². The molecule has 0 aromatic rings. The van der Waals surface area contributed by atoms with Crippen molar-refractivity contribution in [2.75, 3.05) is 0 Å². The summed E-state index contributed by atoms with van der Waals surface area (Å²) in [7, 11) is 0. The van der Waals surface area contributed by atoms with Crippen LogP contribution in [0.2, 0.25) is 0 Å². The number of ether oxygens (including phenoxy) is 2. The van der Waals surface area contributed by atoms with Crippen molar-refractivity contribution in [1.29, 1.82) is 0 Å². The molecule has 0 amide bonds. The molecular weight excluding hydrogens is 388 g/mol. The monoisotopic (exact) mass is 428 g/mol. The van der Waals surface area contributed by atoms with Crippen molar-refractivity contribution in [3.63, 3.8) is 0 Å². The molecule has 0 heterocycles. The first-order valence-electron chi connectivity index (χ1n) is 12.2. The number of fused-ring (bicyclic) bond motifs is 2. The first kappa shape index (κ1) is 22.6. The van der Waals surface area contributed by atoms with Crippen LogP contribution in [0.1, 0.15) is 79.1 Å². The summed E-state index contributed by atoms with van der Waals surface area (Å²) in [6.45, 7) is 15.7. The summed E-state index contributed by atoms with van der Waals surface area (Å²) >= 11 is 0. The average molecular weight is 429 g/mol. The Morgan fingerprint density at radius 3 is 1.94 bits per heavy atom. The van der Waals surface area contributed by atoms with Crippen molar-refractivity contribution in [3.8, 4) is 0 Å². The van der Waals surface area contributed by atoms with Gasteiger partial charge in [0.05, 0.1) is 0 Å². The van der Waals surface area contributed by atoms with Gasteiger partial charge in [-0.1, -0.05) is 33.9 Å². The lowest BCUT2D eigenvalue weighted by Gasteiger charge is -2.61. The van der Waals surface area contributed by atoms with Crippen molar-refractivity contribution in [2.45, 2.75) is 90.8 Å². The highest BCUT2D eigenvalue weighted by molar-refractivity contribution is 5.87. The molecule has 0 N–H and O–H groups in total. The summed E-state index contributed by atoms with van der Waals surface area (Å²) in [5.41, 5.74) is 0.886. The Kier molecular flexibility index (Phi) is 5.89. The Morgan fingerprint density at radius 2 is 1.52 bits per heavy atom. The molecule has 0 aromatic carbocycles. The third kappa shape index (κ3) is 4.24. The molecule has 4 unspecified atom stereocenters. The smallest absolute Gasteiger partial charge is 0.333 e. The topological polar surface area (TPSA) is 52.6 Å². The predicted molar refractivity (Wildman–Crippen MR) is 121 cm³/mol. The van der Waals surface area contributed by atoms with E-state index < -0.39 is 0 Å². The second-order valence-electron chi connectivity index (χ2n) is 11.9. The lowest BCUT2D eigenvalue weighted by molar-refractivity contribution is -0.182. The summed E-state index contributed by atoms with van der Waals surface area (Å²) in [5, 5.41) is 0. The van der Waals surface area contributed by atoms with E-state index in [2.05, 4.69) is 33.9 Å². The van der Waals surface area contributed by atoms with Gasteiger partial charge in [-0.3, -0.25) is 0 Å². The Bertz CT molecular complexity index is 728. The van der Waals surface area contributed by atoms with Gasteiger partial charge in [-0.25, -0.2) is 9.59 Å². The second-order valence-corrected chi connectivity index (χ2v) is 11.9. The van der Waals surface area contributed by atoms with Crippen LogP contribution in [0.4, 0.5) is 0 Å². The lowest BCUT2D eigenvalue weighted by atomic mass is 9.45. The summed E-state index contributed by atoms with van der Waals surface area (Å²) in [6.07, 6.45) is 11.2. The average Bonchev–Trinajstić information content (AvgIpc) is 2.68. The third-order valence-corrected chi connectivity index (χ3v) is 9.36. The largest absolute Gasteiger partial charge is 0.459 e. The van der Waals surface area contributed by atoms with Crippen molar-refractivity contribution in [2.24, 2.45) is 40.9 Å². The maximum atomic E-state index is 11.7. The van der Waals surface area contributed by atoms with Crippen LogP contribution in [-0.4, -0.2) is 23.6 Å². The molecule has 0 aliphatic heterocycles. The zero-order valence-corrected chi connectivity index (χ0v) is 19.8. The van der Waals surface area contributed by atoms with Gasteiger partial charge in [0.25, 0.3) is 0 Å². The summed E-state index contributed by atoms with van der Waals surface area (Å²) in [6, 6.07) is 0. The van der Waals surface area contributed by atoms with Crippen LogP contribution in [0.5, 0.6) is 0 Å². The first-order valence-corrected chi connectivity index (χ1v) is 12.2. The maximum absolute atomic E-state index is 11.7. The van der Waals surface area contributed by atoms with Crippen molar-refractivity contribution in [3.05, 3.63) is 24.8 Å². The normalized spacial score (nSPS) is 43.0. The van der Waals surface area contributed by atoms with Gasteiger partial charge in [-0.15, -0.1) is 0 Å². The molecule has 0 spiro atoms. The molecule has 7 aliphatic carbocycles. The van der Waals surface area contributed by atoms with Gasteiger partial charge in [0.1, 0.15) is 11.7 Å². The molecule has 0 radical (unpaired) electrons. The lowest BCUT2D eigenvalue weighted by Crippen LogP contribution is -2.57. The van der Waals surface area contributed by atoms with E-state index in [1.54, 1.807) is 6.92 Å². The number of carbonyl (C=O) groups is 2. The maximum Gasteiger partial charge on any atom is 0.333 e. The minimum absolute atomic E-state index is 0.106. The van der Waals surface area contributed by atoms with Crippen LogP contribution >= 0.6 is 0 Å². The molecule has 6 bridgehead atoms. The van der Waals surface area contributed by atoms with E-state index in [-0.39, 0.29) is 23.6 Å². The zero-order valence-electron chi connectivity index (χ0n) is 19.8. The Morgan fingerprint density at radius 1 is 0.968 bits per heavy atom. The molecule has 7 saturated carbocycles. The van der Waals surface area contributed by atoms with Gasteiger partial charge in [0.2, 0.25) is 0 Å². The van der Waals surface area contributed by atoms with Gasteiger partial charge in [-0.2, -0.15) is 0 Å². The number of esters is 2. The third-order valence-electron chi connectivity index (χ3n) is 9.36. The Balaban J connectivity index is 0.000000150. The number of rotatable bonds is 4. The quantitative estimate of drug-likeness (QED) is 0.416. The molecule has 7 fully saturated rings. The van der Waals surface area contributed by atoms with Crippen molar-refractivity contribution in [1.82, 2.24) is 0 Å². The SMILES string of the molecule is C=C(C)C(=O)OC12CC3CC(CC(C3)C1)C2.C=CC(=O)OC1CC2CC(C1C)C2(C)C. The molecule has 4 atom stereocenters. The van der Waals surface area contributed by atoms with Crippen LogP contribution in [0.3, 0.4) is 0 Å². The Labute approximate surface area is 187 Å². The molecule has 31 heavy (non-hydrogen) atoms. The molecule has 7 aliphatic rings. The van der Waals surface area contributed by atoms with Gasteiger partial charge >= 0.3 is 11.9 Å². The minimum atomic E-state index is -0.272. The number of hydrogen-bond donors (Lipinski definition) is 0. The Hall–Kier alpha value is -1.58. The highest BCUT2D eigenvalue weighted by Gasteiger charge is 2.57. The highest BCUT2D eigenvalue weighted by Crippen LogP contribution is 2.61. The summed E-state index contributed by atoms with van der Waals surface area (Å²) < 4.78 is 11.2. The van der Waals surface area contributed by atoms with Crippen LogP contribution in [0.15, 0.2) is 24.8 Å². The predicted octanol–water partition coefficient (Wildman–Crippen LogP) is 5.86. The van der Waals surface area contributed by atoms with Gasteiger partial charge in [0, 0.05) is 11.6 Å². The molecular formula is C27H40O4. The molecule has 4 nitrogen and oxygen atoms in total. The number of carbonyl (C=O) groups excluding carboxylic acids is 2. The molecule has 7 rings (SSSR count). The van der Waals surface area contributed by atoms with E-state index in [1.165, 1.54) is 31.8 Å². The van der Waals surface area contributed by atoms with Crippen LogP contribution in [-0.2, 0) is 19.1 Å². The van der Waals surface area contributed by atoms with E-state index in [1.807, 2.05) is 0 Å². The molecule has 172 valence electrons. The minimum Gasteiger partial charge on any atom is -0.459 e. The molecule has 0 aromatic heterocycles. The van der Waals surface area contributed by atoms with Crippen molar-refractivity contribution < 1.29 is 19.1 Å². The molecule has 0 saturated heterocycles. The van der Waals surface area contributed by atoms with E-state index in [9.17, 15) is 9.59 Å². The number of hydrogen-bond acceptors (Lipinski definition) is 4. The highest BCUT2D eigenvalue weighted by atomic mass is 16.6. The van der Waals surface area contributed by atoms with E-state index in [0.717, 1.165) is 55.3 Å². The standard InChI is InChI=1S/C14H20O2.C13H20O2/c1-9(2)13(15)16-14-6-10-3-11(7-14)5-12(4-10)8-14;1-5-12(14)15-11-7-9-6-10(8(11)2)13(9,3)4/h10-12H,1,3-8H2,2H3;5,8-11H,1,6-7H2,2-4H3. The van der Waals surface area contributed by atoms with Crippen molar-refractivity contribution >= 4 is 11.9 Å². The van der Waals surface area contributed by atoms with E-state index in [4.69, 9.17) is 9.47 Å². The second kappa shape index (κ2) is 8.08. The van der Waals surface area contributed by atoms with Gasteiger partial charge < -0.3 is 9.47 Å². The van der Waals surface area contributed by atoms with Crippen LogP contribution in [0, 0.1) is 40.9 Å². The molecule has 4 heteroatoms. The fraction of sp³-hybridized carbons (Fsp3) is 0.778. The fourth-order valence-corrected chi connectivity index (χ4v) is 7.90. The fourth-order valence-electron chi connectivity index (χ4n) is 7.90. The van der Waals surface area contributed by atoms with Crippen LogP contribution in [0.25, 0.3) is 0 Å². The summed E-state index contributed by atoms with van der Waals surface area (Å²) in [5.74, 6) is 3.97. The first-order chi connectivity index (χ1) is 14.5. The zero-order chi connectivity index (χ0) is 22.6. The van der Waals surface area contributed by atoms with E-state index in [0.29, 0.717) is 16.9 Å². The van der Waals surface area contributed by atoms with Gasteiger partial charge in [-0.05, 0) is 99.2 Å². The van der Waals surface area contributed by atoms with Crippen LogP contribution < -0.4 is 0 Å². The summed E-state index contributed by atoms with van der Waals surface area (Å²) in [4.78, 5) is 22.9. The van der Waals surface area contributed by atoms with Gasteiger partial charge in [0.15, 0.2) is 0 Å².